The Kier molecular flexibility index (Phi) is 9.71. The first kappa shape index (κ1) is 27.7. The van der Waals surface area contributed by atoms with Crippen molar-refractivity contribution in [2.45, 2.75) is 36.9 Å². The number of nitrogens with two attached hydrogens (primary N) is 1. The molecule has 0 radical (unpaired) electrons. The number of nitrogens with one attached hydrogen (secondary N) is 4. The Morgan fingerprint density at radius 1 is 1.06 bits per heavy atom. The lowest BCUT2D eigenvalue weighted by Gasteiger charge is -2.22. The Morgan fingerprint density at radius 2 is 1.71 bits per heavy atom. The fourth-order valence-corrected chi connectivity index (χ4v) is 3.93. The van der Waals surface area contributed by atoms with E-state index in [-0.39, 0.29) is 16.3 Å². The number of anilines is 2. The largest absolute Gasteiger partial charge is 0.394 e. The van der Waals surface area contributed by atoms with Gasteiger partial charge in [0.15, 0.2) is 0 Å². The quantitative estimate of drug-likeness (QED) is 0.201. The van der Waals surface area contributed by atoms with Gasteiger partial charge in [-0.05, 0) is 43.7 Å². The van der Waals surface area contributed by atoms with Gasteiger partial charge in [0, 0.05) is 5.69 Å². The van der Waals surface area contributed by atoms with Crippen molar-refractivity contribution in [3.63, 3.8) is 0 Å². The van der Waals surface area contributed by atoms with Crippen LogP contribution in [0.15, 0.2) is 53.4 Å². The minimum absolute atomic E-state index is 0.0649. The second kappa shape index (κ2) is 12.3. The Bertz CT molecular complexity index is 1160. The van der Waals surface area contributed by atoms with Crippen molar-refractivity contribution in [3.05, 3.63) is 54.1 Å². The van der Waals surface area contributed by atoms with Crippen molar-refractivity contribution >= 4 is 39.1 Å². The molecule has 0 saturated carbocycles. The molecule has 2 rings (SSSR count). The number of hydrogen-bond acceptors (Lipinski definition) is 8. The molecule has 3 amide bonds. The molecular weight excluding hydrogens is 478 g/mol. The first-order chi connectivity index (χ1) is 16.4. The molecule has 0 fully saturated rings. The predicted octanol–water partition coefficient (Wildman–Crippen LogP) is -0.964. The third kappa shape index (κ3) is 8.03. The Morgan fingerprint density at radius 3 is 2.31 bits per heavy atom. The van der Waals surface area contributed by atoms with E-state index in [4.69, 9.17) is 10.8 Å². The lowest BCUT2D eigenvalue weighted by Crippen LogP contribution is -2.53. The number of benzene rings is 2. The van der Waals surface area contributed by atoms with Crippen LogP contribution in [0.4, 0.5) is 11.4 Å². The maximum absolute atomic E-state index is 12.8. The first-order valence-electron chi connectivity index (χ1n) is 10.6. The van der Waals surface area contributed by atoms with Crippen LogP contribution in [0.2, 0.25) is 0 Å². The van der Waals surface area contributed by atoms with Crippen LogP contribution in [-0.2, 0) is 24.4 Å². The van der Waals surface area contributed by atoms with E-state index >= 15 is 0 Å². The van der Waals surface area contributed by atoms with E-state index in [1.165, 1.54) is 31.2 Å². The number of aliphatic hydroxyl groups excluding tert-OH is 2. The van der Waals surface area contributed by atoms with E-state index in [1.807, 2.05) is 0 Å². The smallest absolute Gasteiger partial charge is 0.261 e. The van der Waals surface area contributed by atoms with Gasteiger partial charge in [-0.25, -0.2) is 8.42 Å². The van der Waals surface area contributed by atoms with Gasteiger partial charge in [0.05, 0.1) is 29.8 Å². The highest BCUT2D eigenvalue weighted by molar-refractivity contribution is 7.92. The Labute approximate surface area is 203 Å². The summed E-state index contributed by atoms with van der Waals surface area (Å²) in [6.45, 7) is 1.84. The van der Waals surface area contributed by atoms with E-state index < -0.39 is 59.1 Å². The third-order valence-electron chi connectivity index (χ3n) is 4.84. The van der Waals surface area contributed by atoms with Crippen LogP contribution >= 0.6 is 0 Å². The summed E-state index contributed by atoms with van der Waals surface area (Å²) in [5.41, 5.74) is 6.39. The molecule has 0 aliphatic rings. The highest BCUT2D eigenvalue weighted by Crippen LogP contribution is 2.23. The van der Waals surface area contributed by atoms with Gasteiger partial charge in [-0.1, -0.05) is 24.3 Å². The zero-order valence-electron chi connectivity index (χ0n) is 19.2. The molecule has 3 atom stereocenters. The fraction of sp³-hybridized carbons (Fsp3) is 0.318. The van der Waals surface area contributed by atoms with Crippen molar-refractivity contribution < 1.29 is 33.0 Å². The maximum Gasteiger partial charge on any atom is 0.261 e. The summed E-state index contributed by atoms with van der Waals surface area (Å²) < 4.78 is 27.6. The fourth-order valence-electron chi connectivity index (χ4n) is 2.86. The molecule has 0 aromatic heterocycles. The molecule has 0 saturated heterocycles. The van der Waals surface area contributed by atoms with Crippen molar-refractivity contribution in [1.82, 2.24) is 10.6 Å². The topological polar surface area (TPSA) is 200 Å². The lowest BCUT2D eigenvalue weighted by molar-refractivity contribution is -0.130. The van der Waals surface area contributed by atoms with E-state index in [1.54, 1.807) is 31.2 Å². The summed E-state index contributed by atoms with van der Waals surface area (Å²) in [5.74, 6) is -2.30. The zero-order valence-corrected chi connectivity index (χ0v) is 20.0. The molecule has 13 heteroatoms. The molecule has 0 unspecified atom stereocenters. The molecule has 35 heavy (non-hydrogen) atoms. The van der Waals surface area contributed by atoms with Gasteiger partial charge in [-0.3, -0.25) is 19.1 Å². The van der Waals surface area contributed by atoms with Gasteiger partial charge >= 0.3 is 0 Å². The molecule has 2 aromatic rings. The lowest BCUT2D eigenvalue weighted by atomic mass is 10.1. The predicted molar refractivity (Wildman–Crippen MR) is 129 cm³/mol. The SMILES string of the molecule is Cc1ccc(NS(=O)(=O)c2ccccc2)cc1NC(=O)[C@@H](NC(=O)CNC(=O)[C@@H](N)CO)[C@@H](C)O. The van der Waals surface area contributed by atoms with Crippen LogP contribution in [0.25, 0.3) is 0 Å². The standard InChI is InChI=1S/C22H29N5O7S/c1-13-8-9-15(27-35(33,34)16-6-4-3-5-7-16)10-18(13)25-22(32)20(14(2)29)26-19(30)11-24-21(31)17(23)12-28/h3-10,14,17,20,27-29H,11-12,23H2,1-2H3,(H,24,31)(H,25,32)(H,26,30)/t14-,17+,20+/m1/s1. The van der Waals surface area contributed by atoms with Crippen molar-refractivity contribution in [2.75, 3.05) is 23.2 Å². The van der Waals surface area contributed by atoms with Crippen LogP contribution in [0.3, 0.4) is 0 Å². The van der Waals surface area contributed by atoms with Gasteiger partial charge in [-0.15, -0.1) is 0 Å². The van der Waals surface area contributed by atoms with E-state index in [2.05, 4.69) is 20.7 Å². The highest BCUT2D eigenvalue weighted by atomic mass is 32.2. The van der Waals surface area contributed by atoms with Gasteiger partial charge < -0.3 is 31.9 Å². The summed E-state index contributed by atoms with van der Waals surface area (Å²) in [4.78, 5) is 36.6. The van der Waals surface area contributed by atoms with E-state index in [9.17, 15) is 27.9 Å². The number of sulfonamides is 1. The molecule has 8 N–H and O–H groups in total. The second-order valence-corrected chi connectivity index (χ2v) is 9.41. The van der Waals surface area contributed by atoms with Gasteiger partial charge in [0.25, 0.3) is 10.0 Å². The average Bonchev–Trinajstić information content (AvgIpc) is 2.82. The van der Waals surface area contributed by atoms with Crippen LogP contribution in [0, 0.1) is 6.92 Å². The van der Waals surface area contributed by atoms with Crippen LogP contribution in [-0.4, -0.2) is 67.7 Å². The van der Waals surface area contributed by atoms with Crippen LogP contribution in [0.1, 0.15) is 12.5 Å². The molecule has 0 heterocycles. The third-order valence-corrected chi connectivity index (χ3v) is 6.24. The number of aliphatic hydroxyl groups is 2. The van der Waals surface area contributed by atoms with E-state index in [0.717, 1.165) is 0 Å². The Hall–Kier alpha value is -3.52. The molecule has 0 aliphatic heterocycles. The number of carbonyl (C=O) groups is 3. The monoisotopic (exact) mass is 507 g/mol. The van der Waals surface area contributed by atoms with Crippen molar-refractivity contribution in [3.8, 4) is 0 Å². The second-order valence-electron chi connectivity index (χ2n) is 7.73. The summed E-state index contributed by atoms with van der Waals surface area (Å²) in [6, 6.07) is 9.69. The summed E-state index contributed by atoms with van der Waals surface area (Å²) in [6.07, 6.45) is -1.30. The summed E-state index contributed by atoms with van der Waals surface area (Å²) in [7, 11) is -3.86. The Balaban J connectivity index is 2.10. The van der Waals surface area contributed by atoms with Crippen LogP contribution in [0.5, 0.6) is 0 Å². The van der Waals surface area contributed by atoms with Gasteiger partial charge in [-0.2, -0.15) is 0 Å². The molecule has 190 valence electrons. The van der Waals surface area contributed by atoms with Crippen LogP contribution < -0.4 is 26.4 Å². The molecular formula is C22H29N5O7S. The van der Waals surface area contributed by atoms with Gasteiger partial charge in [0.2, 0.25) is 17.7 Å². The minimum Gasteiger partial charge on any atom is -0.394 e. The van der Waals surface area contributed by atoms with E-state index in [0.29, 0.717) is 5.56 Å². The molecule has 0 spiro atoms. The van der Waals surface area contributed by atoms with Crippen molar-refractivity contribution in [1.29, 1.82) is 0 Å². The highest BCUT2D eigenvalue weighted by Gasteiger charge is 2.26. The molecule has 0 bridgehead atoms. The number of aryl methyl sites for hydroxylation is 1. The summed E-state index contributed by atoms with van der Waals surface area (Å²) in [5, 5.41) is 25.9. The molecule has 0 aliphatic carbocycles. The number of carbonyl (C=O) groups excluding carboxylic acids is 3. The minimum atomic E-state index is -3.86. The average molecular weight is 508 g/mol. The zero-order chi connectivity index (χ0) is 26.2. The number of amides is 3. The molecule has 12 nitrogen and oxygen atoms in total. The normalized spacial score (nSPS) is 13.7. The molecule has 2 aromatic carbocycles. The number of rotatable bonds is 11. The summed E-state index contributed by atoms with van der Waals surface area (Å²) >= 11 is 0. The van der Waals surface area contributed by atoms with Gasteiger partial charge in [0.1, 0.15) is 12.1 Å². The van der Waals surface area contributed by atoms with Crippen molar-refractivity contribution in [2.24, 2.45) is 5.73 Å². The first-order valence-corrected chi connectivity index (χ1v) is 12.0. The maximum atomic E-state index is 12.8. The number of hydrogen-bond donors (Lipinski definition) is 7.